The summed E-state index contributed by atoms with van der Waals surface area (Å²) in [6.45, 7) is 14.2. The van der Waals surface area contributed by atoms with Gasteiger partial charge in [-0.3, -0.25) is 0 Å². The normalized spacial score (nSPS) is 22.5. The highest BCUT2D eigenvalue weighted by molar-refractivity contribution is 6.64. The number of hydrogen-bond acceptors (Lipinski definition) is 6. The molecule has 0 bridgehead atoms. The highest BCUT2D eigenvalue weighted by Gasteiger charge is 2.54. The van der Waals surface area contributed by atoms with E-state index in [1.807, 2.05) is 13.8 Å². The van der Waals surface area contributed by atoms with Crippen molar-refractivity contribution in [3.8, 4) is 5.88 Å². The number of nitrogens with zero attached hydrogens (tertiary/aromatic N) is 3. The number of aromatic nitrogens is 2. The van der Waals surface area contributed by atoms with E-state index >= 15 is 0 Å². The van der Waals surface area contributed by atoms with Crippen molar-refractivity contribution < 1.29 is 14.0 Å². The Labute approximate surface area is 145 Å². The third-order valence-electron chi connectivity index (χ3n) is 5.07. The van der Waals surface area contributed by atoms with E-state index in [9.17, 15) is 0 Å². The molecule has 3 rings (SSSR count). The predicted molar refractivity (Wildman–Crippen MR) is 95.0 cm³/mol. The van der Waals surface area contributed by atoms with E-state index in [4.69, 9.17) is 14.0 Å². The summed E-state index contributed by atoms with van der Waals surface area (Å²) in [6.07, 6.45) is 3.94. The largest absolute Gasteiger partial charge is 0.504 e. The van der Waals surface area contributed by atoms with Crippen molar-refractivity contribution in [2.45, 2.75) is 71.7 Å². The maximum absolute atomic E-state index is 6.26. The third kappa shape index (κ3) is 3.11. The fourth-order valence-corrected chi connectivity index (χ4v) is 3.04. The molecular formula is C17H28BN3O3. The molecule has 1 aromatic heterocycles. The summed E-state index contributed by atoms with van der Waals surface area (Å²) in [4.78, 5) is 11.2. The molecule has 0 radical (unpaired) electrons. The second-order valence-corrected chi connectivity index (χ2v) is 7.87. The van der Waals surface area contributed by atoms with Gasteiger partial charge in [0, 0.05) is 13.1 Å². The van der Waals surface area contributed by atoms with Gasteiger partial charge in [-0.15, -0.1) is 0 Å². The van der Waals surface area contributed by atoms with Crippen molar-refractivity contribution in [3.05, 3.63) is 6.33 Å². The van der Waals surface area contributed by atoms with E-state index in [2.05, 4.69) is 42.6 Å². The van der Waals surface area contributed by atoms with Crippen LogP contribution < -0.4 is 15.1 Å². The van der Waals surface area contributed by atoms with Gasteiger partial charge in [-0.25, -0.2) is 9.97 Å². The Morgan fingerprint density at radius 3 is 2.21 bits per heavy atom. The summed E-state index contributed by atoms with van der Waals surface area (Å²) in [7, 11) is -0.527. The van der Waals surface area contributed by atoms with E-state index in [0.717, 1.165) is 24.4 Å². The van der Waals surface area contributed by atoms with Crippen molar-refractivity contribution in [1.29, 1.82) is 0 Å². The lowest BCUT2D eigenvalue weighted by molar-refractivity contribution is 0.00578. The highest BCUT2D eigenvalue weighted by atomic mass is 16.7. The standard InChI is InChI=1S/C17H28BN3O3/c1-12(2)22-15-13(18-23-16(3,4)17(5,6)24-18)14(19-11-20-15)21-9-7-8-10-21/h11-12H,7-10H2,1-6H3. The highest BCUT2D eigenvalue weighted by Crippen LogP contribution is 2.38. The third-order valence-corrected chi connectivity index (χ3v) is 5.07. The first-order valence-electron chi connectivity index (χ1n) is 8.83. The molecule has 3 heterocycles. The number of rotatable bonds is 4. The van der Waals surface area contributed by atoms with Crippen molar-refractivity contribution >= 4 is 18.4 Å². The summed E-state index contributed by atoms with van der Waals surface area (Å²) >= 11 is 0. The molecule has 0 atom stereocenters. The second kappa shape index (κ2) is 6.19. The smallest absolute Gasteiger partial charge is 0.475 e. The zero-order chi connectivity index (χ0) is 17.5. The van der Waals surface area contributed by atoms with Crippen LogP contribution in [-0.4, -0.2) is 47.5 Å². The first-order valence-corrected chi connectivity index (χ1v) is 8.83. The first-order chi connectivity index (χ1) is 11.2. The Balaban J connectivity index is 2.03. The van der Waals surface area contributed by atoms with Crippen LogP contribution in [-0.2, 0) is 9.31 Å². The van der Waals surface area contributed by atoms with Gasteiger partial charge in [-0.1, -0.05) is 0 Å². The topological polar surface area (TPSA) is 56.7 Å². The number of ether oxygens (including phenoxy) is 1. The predicted octanol–water partition coefficient (Wildman–Crippen LogP) is 2.16. The molecule has 1 aromatic rings. The summed E-state index contributed by atoms with van der Waals surface area (Å²) in [5.74, 6) is 1.43. The van der Waals surface area contributed by atoms with Crippen LogP contribution in [0.1, 0.15) is 54.4 Å². The molecule has 6 nitrogen and oxygen atoms in total. The van der Waals surface area contributed by atoms with Crippen LogP contribution in [0.15, 0.2) is 6.33 Å². The molecule has 7 heteroatoms. The lowest BCUT2D eigenvalue weighted by Gasteiger charge is -2.32. The molecule has 2 fully saturated rings. The molecule has 2 saturated heterocycles. The second-order valence-electron chi connectivity index (χ2n) is 7.87. The van der Waals surface area contributed by atoms with Gasteiger partial charge in [0.15, 0.2) is 0 Å². The van der Waals surface area contributed by atoms with E-state index in [-0.39, 0.29) is 6.10 Å². The molecule has 132 valence electrons. The lowest BCUT2D eigenvalue weighted by Crippen LogP contribution is -2.41. The van der Waals surface area contributed by atoms with Gasteiger partial charge in [-0.2, -0.15) is 0 Å². The maximum Gasteiger partial charge on any atom is 0.504 e. The van der Waals surface area contributed by atoms with E-state index in [0.29, 0.717) is 5.88 Å². The van der Waals surface area contributed by atoms with Gasteiger partial charge in [0.1, 0.15) is 12.1 Å². The minimum atomic E-state index is -0.527. The Morgan fingerprint density at radius 2 is 1.67 bits per heavy atom. The first kappa shape index (κ1) is 17.5. The van der Waals surface area contributed by atoms with Crippen molar-refractivity contribution in [2.24, 2.45) is 0 Å². The summed E-state index contributed by atoms with van der Waals surface area (Å²) in [6, 6.07) is 0. The molecule has 0 aliphatic carbocycles. The Hall–Kier alpha value is -1.34. The molecule has 24 heavy (non-hydrogen) atoms. The van der Waals surface area contributed by atoms with Crippen LogP contribution in [0, 0.1) is 0 Å². The maximum atomic E-state index is 6.26. The summed E-state index contributed by atoms with van der Waals surface area (Å²) in [5.41, 5.74) is -0.0118. The van der Waals surface area contributed by atoms with Gasteiger partial charge in [0.05, 0.1) is 22.8 Å². The van der Waals surface area contributed by atoms with Crippen molar-refractivity contribution in [2.75, 3.05) is 18.0 Å². The molecule has 0 amide bonds. The van der Waals surface area contributed by atoms with Crippen molar-refractivity contribution in [3.63, 3.8) is 0 Å². The minimum absolute atomic E-state index is 0.0208. The average molecular weight is 333 g/mol. The fourth-order valence-electron chi connectivity index (χ4n) is 3.04. The number of hydrogen-bond donors (Lipinski definition) is 0. The lowest BCUT2D eigenvalue weighted by atomic mass is 9.79. The van der Waals surface area contributed by atoms with Gasteiger partial charge < -0.3 is 18.9 Å². The summed E-state index contributed by atoms with van der Waals surface area (Å²) < 4.78 is 18.5. The van der Waals surface area contributed by atoms with Gasteiger partial charge in [0.25, 0.3) is 0 Å². The minimum Gasteiger partial charge on any atom is -0.475 e. The summed E-state index contributed by atoms with van der Waals surface area (Å²) in [5, 5.41) is 0. The molecule has 2 aliphatic rings. The monoisotopic (exact) mass is 333 g/mol. The zero-order valence-electron chi connectivity index (χ0n) is 15.6. The molecule has 0 aromatic carbocycles. The van der Waals surface area contributed by atoms with Crippen LogP contribution in [0.3, 0.4) is 0 Å². The molecular weight excluding hydrogens is 305 g/mol. The van der Waals surface area contributed by atoms with Gasteiger partial charge >= 0.3 is 7.12 Å². The van der Waals surface area contributed by atoms with Gasteiger partial charge in [-0.05, 0) is 54.4 Å². The molecule has 2 aliphatic heterocycles. The van der Waals surface area contributed by atoms with Crippen LogP contribution in [0.2, 0.25) is 0 Å². The Bertz CT molecular complexity index is 585. The van der Waals surface area contributed by atoms with Crippen LogP contribution in [0.5, 0.6) is 5.88 Å². The van der Waals surface area contributed by atoms with E-state index in [1.165, 1.54) is 12.8 Å². The number of anilines is 1. The molecule has 0 spiro atoms. The Kier molecular flexibility index (Phi) is 4.51. The quantitative estimate of drug-likeness (QED) is 0.787. The zero-order valence-corrected chi connectivity index (χ0v) is 15.6. The van der Waals surface area contributed by atoms with Crippen LogP contribution in [0.4, 0.5) is 5.82 Å². The molecule has 0 N–H and O–H groups in total. The van der Waals surface area contributed by atoms with Crippen molar-refractivity contribution in [1.82, 2.24) is 9.97 Å². The van der Waals surface area contributed by atoms with E-state index in [1.54, 1.807) is 6.33 Å². The fraction of sp³-hybridized carbons (Fsp3) is 0.765. The van der Waals surface area contributed by atoms with Crippen LogP contribution >= 0.6 is 0 Å². The van der Waals surface area contributed by atoms with Crippen LogP contribution in [0.25, 0.3) is 0 Å². The molecule has 0 saturated carbocycles. The Morgan fingerprint density at radius 1 is 1.08 bits per heavy atom. The van der Waals surface area contributed by atoms with E-state index < -0.39 is 18.3 Å². The SMILES string of the molecule is CC(C)Oc1ncnc(N2CCCC2)c1B1OC(C)(C)C(C)(C)O1. The average Bonchev–Trinajstić information content (AvgIpc) is 3.05. The van der Waals surface area contributed by atoms with Gasteiger partial charge in [0.2, 0.25) is 5.88 Å². The molecule has 0 unspecified atom stereocenters.